The zero-order valence-electron chi connectivity index (χ0n) is 8.61. The van der Waals surface area contributed by atoms with Gasteiger partial charge in [0, 0.05) is 6.42 Å². The molecule has 0 spiro atoms. The Hall–Kier alpha value is -1.11. The van der Waals surface area contributed by atoms with Crippen LogP contribution in [-0.2, 0) is 4.79 Å². The molecule has 1 heteroatoms. The van der Waals surface area contributed by atoms with Crippen LogP contribution in [0.5, 0.6) is 0 Å². The van der Waals surface area contributed by atoms with Crippen LogP contribution in [-0.4, -0.2) is 5.78 Å². The van der Waals surface area contributed by atoms with E-state index >= 15 is 0 Å². The summed E-state index contributed by atoms with van der Waals surface area (Å²) in [6, 6.07) is 0. The van der Waals surface area contributed by atoms with E-state index in [4.69, 9.17) is 0 Å². The Bertz CT molecular complexity index is 248. The van der Waals surface area contributed by atoms with Gasteiger partial charge in [0.2, 0.25) is 0 Å². The number of hydrogen-bond donors (Lipinski definition) is 0. The zero-order chi connectivity index (χ0) is 10.2. The maximum Gasteiger partial charge on any atom is 0.155 e. The third kappa shape index (κ3) is 4.22. The summed E-state index contributed by atoms with van der Waals surface area (Å²) in [5.74, 6) is 0.880. The van der Waals surface area contributed by atoms with Crippen molar-refractivity contribution in [1.82, 2.24) is 0 Å². The minimum absolute atomic E-state index is 0.286. The van der Waals surface area contributed by atoms with Crippen molar-refractivity contribution in [2.45, 2.75) is 32.1 Å². The van der Waals surface area contributed by atoms with Crippen molar-refractivity contribution in [3.05, 3.63) is 37.0 Å². The molecule has 76 valence electrons. The van der Waals surface area contributed by atoms with Crippen LogP contribution < -0.4 is 0 Å². The second-order valence-corrected chi connectivity index (χ2v) is 3.72. The van der Waals surface area contributed by atoms with Crippen LogP contribution in [0.1, 0.15) is 32.1 Å². The Morgan fingerprint density at radius 2 is 2.43 bits per heavy atom. The highest BCUT2D eigenvalue weighted by atomic mass is 16.1. The molecule has 1 unspecified atom stereocenters. The fraction of sp³-hybridized carbons (Fsp3) is 0.462. The molecule has 1 rings (SSSR count). The third-order valence-corrected chi connectivity index (χ3v) is 2.53. The van der Waals surface area contributed by atoms with E-state index in [1.165, 1.54) is 0 Å². The van der Waals surface area contributed by atoms with Gasteiger partial charge in [-0.3, -0.25) is 4.79 Å². The fourth-order valence-electron chi connectivity index (χ4n) is 1.70. The summed E-state index contributed by atoms with van der Waals surface area (Å²) in [7, 11) is 0. The van der Waals surface area contributed by atoms with E-state index in [1.54, 1.807) is 12.2 Å². The van der Waals surface area contributed by atoms with Crippen molar-refractivity contribution in [2.75, 3.05) is 0 Å². The van der Waals surface area contributed by atoms with Crippen molar-refractivity contribution >= 4 is 5.78 Å². The van der Waals surface area contributed by atoms with E-state index in [2.05, 4.69) is 18.7 Å². The van der Waals surface area contributed by atoms with Gasteiger partial charge in [0.25, 0.3) is 0 Å². The molecule has 1 aliphatic rings. The SMILES string of the molecule is C=C/C=C/CCC1C=CC(=O)CCC1. The molecule has 0 fully saturated rings. The molecule has 0 saturated heterocycles. The Balaban J connectivity index is 2.29. The van der Waals surface area contributed by atoms with Gasteiger partial charge in [-0.1, -0.05) is 30.9 Å². The molecule has 0 radical (unpaired) electrons. The predicted octanol–water partition coefficient (Wildman–Crippen LogP) is 3.43. The smallest absolute Gasteiger partial charge is 0.155 e. The van der Waals surface area contributed by atoms with E-state index < -0.39 is 0 Å². The molecular weight excluding hydrogens is 172 g/mol. The number of carbonyl (C=O) groups excluding carboxylic acids is 1. The first kappa shape index (κ1) is 11.0. The lowest BCUT2D eigenvalue weighted by Crippen LogP contribution is -1.93. The Morgan fingerprint density at radius 1 is 1.57 bits per heavy atom. The van der Waals surface area contributed by atoms with E-state index in [0.717, 1.165) is 32.1 Å². The van der Waals surface area contributed by atoms with Gasteiger partial charge < -0.3 is 0 Å². The molecule has 0 aromatic heterocycles. The van der Waals surface area contributed by atoms with Gasteiger partial charge in [-0.2, -0.15) is 0 Å². The van der Waals surface area contributed by atoms with E-state index in [1.807, 2.05) is 6.08 Å². The topological polar surface area (TPSA) is 17.1 Å². The highest BCUT2D eigenvalue weighted by molar-refractivity contribution is 5.89. The molecule has 0 aromatic carbocycles. The first-order valence-corrected chi connectivity index (χ1v) is 5.31. The summed E-state index contributed by atoms with van der Waals surface area (Å²) in [4.78, 5) is 11.1. The van der Waals surface area contributed by atoms with Crippen molar-refractivity contribution in [3.63, 3.8) is 0 Å². The molecule has 1 nitrogen and oxygen atoms in total. The van der Waals surface area contributed by atoms with Crippen LogP contribution in [0.2, 0.25) is 0 Å². The summed E-state index contributed by atoms with van der Waals surface area (Å²) in [6.45, 7) is 3.62. The minimum atomic E-state index is 0.286. The first-order valence-electron chi connectivity index (χ1n) is 5.31. The molecule has 1 aliphatic carbocycles. The molecule has 0 N–H and O–H groups in total. The Kier molecular flexibility index (Phi) is 4.98. The number of ketones is 1. The van der Waals surface area contributed by atoms with Gasteiger partial charge in [-0.05, 0) is 37.7 Å². The average Bonchev–Trinajstić information content (AvgIpc) is 2.38. The normalized spacial score (nSPS) is 22.6. The number of allylic oxidation sites excluding steroid dienone is 5. The Morgan fingerprint density at radius 3 is 3.21 bits per heavy atom. The number of rotatable bonds is 4. The number of hydrogen-bond acceptors (Lipinski definition) is 1. The quantitative estimate of drug-likeness (QED) is 0.621. The largest absolute Gasteiger partial charge is 0.295 e. The monoisotopic (exact) mass is 190 g/mol. The second kappa shape index (κ2) is 6.36. The standard InChI is InChI=1S/C13H18O/c1-2-3-4-5-7-12-8-6-9-13(14)11-10-12/h2-4,10-12H,1,5-9H2/b4-3+. The summed E-state index contributed by atoms with van der Waals surface area (Å²) >= 11 is 0. The van der Waals surface area contributed by atoms with Gasteiger partial charge >= 0.3 is 0 Å². The summed E-state index contributed by atoms with van der Waals surface area (Å²) in [6.07, 6.45) is 14.9. The van der Waals surface area contributed by atoms with Crippen molar-refractivity contribution < 1.29 is 4.79 Å². The van der Waals surface area contributed by atoms with Crippen LogP contribution in [0.4, 0.5) is 0 Å². The maximum atomic E-state index is 11.1. The van der Waals surface area contributed by atoms with Gasteiger partial charge in [0.05, 0.1) is 0 Å². The van der Waals surface area contributed by atoms with Crippen LogP contribution in [0.3, 0.4) is 0 Å². The van der Waals surface area contributed by atoms with Crippen LogP contribution in [0.15, 0.2) is 37.0 Å². The maximum absolute atomic E-state index is 11.1. The van der Waals surface area contributed by atoms with Gasteiger partial charge in [-0.15, -0.1) is 0 Å². The predicted molar refractivity (Wildman–Crippen MR) is 60.1 cm³/mol. The van der Waals surface area contributed by atoms with Gasteiger partial charge in [-0.25, -0.2) is 0 Å². The molecule has 0 saturated carbocycles. The number of carbonyl (C=O) groups is 1. The first-order chi connectivity index (χ1) is 6.83. The lowest BCUT2D eigenvalue weighted by molar-refractivity contribution is -0.114. The van der Waals surface area contributed by atoms with Gasteiger partial charge in [0.1, 0.15) is 0 Å². The summed E-state index contributed by atoms with van der Waals surface area (Å²) in [5.41, 5.74) is 0. The molecule has 0 aromatic rings. The summed E-state index contributed by atoms with van der Waals surface area (Å²) in [5, 5.41) is 0. The molecule has 0 aliphatic heterocycles. The highest BCUT2D eigenvalue weighted by Gasteiger charge is 2.09. The molecule has 0 amide bonds. The van der Waals surface area contributed by atoms with Crippen LogP contribution in [0, 0.1) is 5.92 Å². The second-order valence-electron chi connectivity index (χ2n) is 3.72. The molecule has 0 heterocycles. The van der Waals surface area contributed by atoms with E-state index in [-0.39, 0.29) is 5.78 Å². The highest BCUT2D eigenvalue weighted by Crippen LogP contribution is 2.20. The fourth-order valence-corrected chi connectivity index (χ4v) is 1.70. The lowest BCUT2D eigenvalue weighted by atomic mass is 9.98. The van der Waals surface area contributed by atoms with Crippen molar-refractivity contribution in [3.8, 4) is 0 Å². The average molecular weight is 190 g/mol. The van der Waals surface area contributed by atoms with Crippen molar-refractivity contribution in [1.29, 1.82) is 0 Å². The van der Waals surface area contributed by atoms with Crippen LogP contribution >= 0.6 is 0 Å². The third-order valence-electron chi connectivity index (χ3n) is 2.53. The lowest BCUT2D eigenvalue weighted by Gasteiger charge is -2.07. The zero-order valence-corrected chi connectivity index (χ0v) is 8.61. The van der Waals surface area contributed by atoms with E-state index in [0.29, 0.717) is 5.92 Å². The van der Waals surface area contributed by atoms with Gasteiger partial charge in [0.15, 0.2) is 5.78 Å². The minimum Gasteiger partial charge on any atom is -0.295 e. The molecular formula is C13H18O. The Labute approximate surface area is 86.2 Å². The van der Waals surface area contributed by atoms with Crippen LogP contribution in [0.25, 0.3) is 0 Å². The summed E-state index contributed by atoms with van der Waals surface area (Å²) < 4.78 is 0. The van der Waals surface area contributed by atoms with Crippen molar-refractivity contribution in [2.24, 2.45) is 5.92 Å². The molecule has 0 bridgehead atoms. The van der Waals surface area contributed by atoms with E-state index in [9.17, 15) is 4.79 Å². The molecule has 1 atom stereocenters. The molecule has 14 heavy (non-hydrogen) atoms.